The monoisotopic (exact) mass is 191 g/mol. The van der Waals surface area contributed by atoms with E-state index in [2.05, 4.69) is 6.58 Å². The SMILES string of the molecule is C=CCOC(=O)N1CCCC1.Cl. The van der Waals surface area contributed by atoms with Gasteiger partial charge in [-0.2, -0.15) is 0 Å². The third-order valence-corrected chi connectivity index (χ3v) is 1.69. The summed E-state index contributed by atoms with van der Waals surface area (Å²) in [6, 6.07) is 0. The molecule has 0 aromatic heterocycles. The Labute approximate surface area is 78.8 Å². The Morgan fingerprint density at radius 1 is 1.50 bits per heavy atom. The number of nitrogens with zero attached hydrogens (tertiary/aromatic N) is 1. The van der Waals surface area contributed by atoms with Crippen LogP contribution in [0.1, 0.15) is 12.8 Å². The van der Waals surface area contributed by atoms with Crippen LogP contribution < -0.4 is 0 Å². The molecule has 0 saturated carbocycles. The van der Waals surface area contributed by atoms with Gasteiger partial charge in [0.15, 0.2) is 0 Å². The highest BCUT2D eigenvalue weighted by Crippen LogP contribution is 2.08. The molecule has 0 N–H and O–H groups in total. The second-order valence-electron chi connectivity index (χ2n) is 2.56. The lowest BCUT2D eigenvalue weighted by molar-refractivity contribution is 0.121. The lowest BCUT2D eigenvalue weighted by Gasteiger charge is -2.13. The van der Waals surface area contributed by atoms with Crippen LogP contribution in [0.5, 0.6) is 0 Å². The Morgan fingerprint density at radius 3 is 2.58 bits per heavy atom. The first-order chi connectivity index (χ1) is 5.34. The van der Waals surface area contributed by atoms with Crippen molar-refractivity contribution < 1.29 is 9.53 Å². The molecule has 1 saturated heterocycles. The molecule has 0 aromatic rings. The van der Waals surface area contributed by atoms with Crippen LogP contribution in [-0.2, 0) is 4.74 Å². The molecule has 3 nitrogen and oxygen atoms in total. The molecule has 0 unspecified atom stereocenters. The van der Waals surface area contributed by atoms with E-state index in [-0.39, 0.29) is 18.5 Å². The number of hydrogen-bond donors (Lipinski definition) is 0. The minimum absolute atomic E-state index is 0. The lowest BCUT2D eigenvalue weighted by atomic mass is 10.4. The smallest absolute Gasteiger partial charge is 0.410 e. The van der Waals surface area contributed by atoms with Crippen LogP contribution in [-0.4, -0.2) is 30.7 Å². The third-order valence-electron chi connectivity index (χ3n) is 1.69. The molecular weight excluding hydrogens is 178 g/mol. The summed E-state index contributed by atoms with van der Waals surface area (Å²) < 4.78 is 4.84. The van der Waals surface area contributed by atoms with Crippen LogP contribution in [0.15, 0.2) is 12.7 Å². The molecule has 1 fully saturated rings. The number of ether oxygens (including phenoxy) is 1. The number of likely N-dealkylation sites (tertiary alicyclic amines) is 1. The van der Waals surface area contributed by atoms with E-state index in [4.69, 9.17) is 4.74 Å². The van der Waals surface area contributed by atoms with Crippen LogP contribution in [0.25, 0.3) is 0 Å². The van der Waals surface area contributed by atoms with Crippen molar-refractivity contribution in [1.82, 2.24) is 4.90 Å². The number of carbonyl (C=O) groups is 1. The molecule has 0 aliphatic carbocycles. The van der Waals surface area contributed by atoms with Gasteiger partial charge < -0.3 is 9.64 Å². The van der Waals surface area contributed by atoms with E-state index in [0.717, 1.165) is 25.9 Å². The van der Waals surface area contributed by atoms with E-state index >= 15 is 0 Å². The molecule has 0 spiro atoms. The minimum Gasteiger partial charge on any atom is -0.445 e. The quantitative estimate of drug-likeness (QED) is 0.624. The van der Waals surface area contributed by atoms with Gasteiger partial charge in [-0.25, -0.2) is 4.79 Å². The maximum Gasteiger partial charge on any atom is 0.410 e. The predicted molar refractivity (Wildman–Crippen MR) is 49.6 cm³/mol. The molecule has 0 aromatic carbocycles. The maximum absolute atomic E-state index is 11.1. The standard InChI is InChI=1S/C8H13NO2.ClH/c1-2-7-11-8(10)9-5-3-4-6-9;/h2H,1,3-7H2;1H. The normalized spacial score (nSPS) is 15.2. The van der Waals surface area contributed by atoms with Gasteiger partial charge in [-0.1, -0.05) is 12.7 Å². The topological polar surface area (TPSA) is 29.5 Å². The zero-order valence-electron chi connectivity index (χ0n) is 6.99. The summed E-state index contributed by atoms with van der Waals surface area (Å²) in [5.74, 6) is 0. The number of hydrogen-bond acceptors (Lipinski definition) is 2. The summed E-state index contributed by atoms with van der Waals surface area (Å²) >= 11 is 0. The van der Waals surface area contributed by atoms with Gasteiger partial charge in [0.2, 0.25) is 0 Å². The molecule has 0 bridgehead atoms. The zero-order chi connectivity index (χ0) is 8.10. The second kappa shape index (κ2) is 5.89. The highest BCUT2D eigenvalue weighted by molar-refractivity contribution is 5.85. The molecule has 4 heteroatoms. The average molecular weight is 192 g/mol. The number of carbonyl (C=O) groups excluding carboxylic acids is 1. The average Bonchev–Trinajstić information content (AvgIpc) is 2.52. The van der Waals surface area contributed by atoms with Crippen molar-refractivity contribution in [3.8, 4) is 0 Å². The first kappa shape index (κ1) is 11.3. The molecule has 12 heavy (non-hydrogen) atoms. The van der Waals surface area contributed by atoms with Crippen LogP contribution in [0.2, 0.25) is 0 Å². The van der Waals surface area contributed by atoms with Gasteiger partial charge in [-0.15, -0.1) is 12.4 Å². The summed E-state index contributed by atoms with van der Waals surface area (Å²) in [6.07, 6.45) is 3.57. The lowest BCUT2D eigenvalue weighted by Crippen LogP contribution is -2.28. The van der Waals surface area contributed by atoms with Crippen LogP contribution >= 0.6 is 12.4 Å². The molecule has 70 valence electrons. The van der Waals surface area contributed by atoms with Gasteiger partial charge in [0.1, 0.15) is 6.61 Å². The molecule has 0 radical (unpaired) electrons. The van der Waals surface area contributed by atoms with Crippen molar-refractivity contribution in [1.29, 1.82) is 0 Å². The third kappa shape index (κ3) is 3.13. The van der Waals surface area contributed by atoms with E-state index in [1.807, 2.05) is 0 Å². The first-order valence-electron chi connectivity index (χ1n) is 3.87. The molecular formula is C8H14ClNO2. The first-order valence-corrected chi connectivity index (χ1v) is 3.87. The molecule has 1 aliphatic rings. The van der Waals surface area contributed by atoms with E-state index in [0.29, 0.717) is 6.61 Å². The van der Waals surface area contributed by atoms with Crippen molar-refractivity contribution in [2.45, 2.75) is 12.8 Å². The van der Waals surface area contributed by atoms with E-state index in [1.165, 1.54) is 0 Å². The summed E-state index contributed by atoms with van der Waals surface area (Å²) in [5, 5.41) is 0. The van der Waals surface area contributed by atoms with E-state index < -0.39 is 0 Å². The van der Waals surface area contributed by atoms with Crippen LogP contribution in [0.4, 0.5) is 4.79 Å². The van der Waals surface area contributed by atoms with Crippen molar-refractivity contribution in [2.24, 2.45) is 0 Å². The van der Waals surface area contributed by atoms with Gasteiger partial charge in [0.25, 0.3) is 0 Å². The summed E-state index contributed by atoms with van der Waals surface area (Å²) in [5.41, 5.74) is 0. The van der Waals surface area contributed by atoms with Gasteiger partial charge >= 0.3 is 6.09 Å². The van der Waals surface area contributed by atoms with Gasteiger partial charge in [0.05, 0.1) is 0 Å². The Balaban J connectivity index is 0.00000121. The Bertz CT molecular complexity index is 155. The van der Waals surface area contributed by atoms with Gasteiger partial charge in [-0.3, -0.25) is 0 Å². The Kier molecular flexibility index (Phi) is 5.54. The summed E-state index contributed by atoms with van der Waals surface area (Å²) in [6.45, 7) is 5.46. The molecule has 1 aliphatic heterocycles. The fourth-order valence-corrected chi connectivity index (χ4v) is 1.12. The van der Waals surface area contributed by atoms with E-state index in [1.54, 1.807) is 11.0 Å². The molecule has 1 amide bonds. The maximum atomic E-state index is 11.1. The van der Waals surface area contributed by atoms with Crippen molar-refractivity contribution in [3.05, 3.63) is 12.7 Å². The van der Waals surface area contributed by atoms with Gasteiger partial charge in [0, 0.05) is 13.1 Å². The number of halogens is 1. The Hall–Kier alpha value is -0.700. The van der Waals surface area contributed by atoms with Crippen molar-refractivity contribution in [3.63, 3.8) is 0 Å². The highest BCUT2D eigenvalue weighted by Gasteiger charge is 2.18. The Morgan fingerprint density at radius 2 is 2.08 bits per heavy atom. The second-order valence-corrected chi connectivity index (χ2v) is 2.56. The summed E-state index contributed by atoms with van der Waals surface area (Å²) in [4.78, 5) is 12.8. The fraction of sp³-hybridized carbons (Fsp3) is 0.625. The number of rotatable bonds is 2. The van der Waals surface area contributed by atoms with Crippen molar-refractivity contribution in [2.75, 3.05) is 19.7 Å². The molecule has 1 heterocycles. The highest BCUT2D eigenvalue weighted by atomic mass is 35.5. The van der Waals surface area contributed by atoms with E-state index in [9.17, 15) is 4.79 Å². The predicted octanol–water partition coefficient (Wildman–Crippen LogP) is 1.83. The van der Waals surface area contributed by atoms with Crippen molar-refractivity contribution >= 4 is 18.5 Å². The summed E-state index contributed by atoms with van der Waals surface area (Å²) in [7, 11) is 0. The number of amides is 1. The van der Waals surface area contributed by atoms with Gasteiger partial charge in [-0.05, 0) is 12.8 Å². The van der Waals surface area contributed by atoms with Crippen LogP contribution in [0, 0.1) is 0 Å². The molecule has 1 rings (SSSR count). The van der Waals surface area contributed by atoms with Crippen LogP contribution in [0.3, 0.4) is 0 Å². The molecule has 0 atom stereocenters. The zero-order valence-corrected chi connectivity index (χ0v) is 7.81. The largest absolute Gasteiger partial charge is 0.445 e. The minimum atomic E-state index is -0.206. The fourth-order valence-electron chi connectivity index (χ4n) is 1.12.